The van der Waals surface area contributed by atoms with Crippen molar-refractivity contribution in [1.82, 2.24) is 14.6 Å². The van der Waals surface area contributed by atoms with Gasteiger partial charge in [0.1, 0.15) is 5.65 Å². The van der Waals surface area contributed by atoms with Crippen molar-refractivity contribution in [2.75, 3.05) is 5.32 Å². The Labute approximate surface area is 86.8 Å². The molecule has 0 unspecified atom stereocenters. The lowest BCUT2D eigenvalue weighted by Gasteiger charge is -2.01. The monoisotopic (exact) mass is 204 g/mol. The summed E-state index contributed by atoms with van der Waals surface area (Å²) in [5.74, 6) is 0.412. The van der Waals surface area contributed by atoms with Crippen LogP contribution in [0.15, 0.2) is 24.4 Å². The Morgan fingerprint density at radius 3 is 3.07 bits per heavy atom. The summed E-state index contributed by atoms with van der Waals surface area (Å²) in [7, 11) is 0. The Balaban J connectivity index is 2.35. The number of carbonyl (C=O) groups is 1. The van der Waals surface area contributed by atoms with Gasteiger partial charge in [-0.15, -0.1) is 0 Å². The van der Waals surface area contributed by atoms with E-state index in [1.54, 1.807) is 17.6 Å². The topological polar surface area (TPSA) is 62.2 Å². The van der Waals surface area contributed by atoms with Gasteiger partial charge in [0.05, 0.1) is 5.69 Å². The lowest BCUT2D eigenvalue weighted by Crippen LogP contribution is -2.13. The van der Waals surface area contributed by atoms with E-state index in [2.05, 4.69) is 22.0 Å². The second kappa shape index (κ2) is 3.27. The minimum Gasteiger partial charge on any atom is -0.343 e. The normalized spacial score (nSPS) is 10.5. The molecule has 15 heavy (non-hydrogen) atoms. The van der Waals surface area contributed by atoms with Gasteiger partial charge in [-0.2, -0.15) is 9.61 Å². The summed E-state index contributed by atoms with van der Waals surface area (Å²) in [6, 6.07) is 1.90. The number of rotatable bonds is 2. The van der Waals surface area contributed by atoms with E-state index in [1.807, 2.05) is 13.0 Å². The van der Waals surface area contributed by atoms with Crippen LogP contribution in [0.5, 0.6) is 0 Å². The number of anilines is 1. The van der Waals surface area contributed by atoms with E-state index in [4.69, 9.17) is 0 Å². The van der Waals surface area contributed by atoms with Crippen LogP contribution in [0.25, 0.3) is 5.65 Å². The van der Waals surface area contributed by atoms with Gasteiger partial charge in [-0.1, -0.05) is 6.58 Å². The maximum absolute atomic E-state index is 11.4. The number of nitrogens with zero attached hydrogens (tertiary/aromatic N) is 2. The predicted molar refractivity (Wildman–Crippen MR) is 57.7 cm³/mol. The van der Waals surface area contributed by atoms with Crippen molar-refractivity contribution < 1.29 is 4.79 Å². The molecule has 5 nitrogen and oxygen atoms in total. The first-order chi connectivity index (χ1) is 7.08. The van der Waals surface area contributed by atoms with Crippen molar-refractivity contribution in [3.05, 3.63) is 30.1 Å². The quantitative estimate of drug-likeness (QED) is 0.728. The zero-order valence-electron chi connectivity index (χ0n) is 8.66. The third-order valence-corrected chi connectivity index (χ3v) is 2.05. The number of aryl methyl sites for hydroxylation is 1. The van der Waals surface area contributed by atoms with E-state index in [1.165, 1.54) is 0 Å². The zero-order chi connectivity index (χ0) is 11.0. The fourth-order valence-electron chi connectivity index (χ4n) is 1.30. The maximum Gasteiger partial charge on any atom is 0.251 e. The van der Waals surface area contributed by atoms with E-state index in [9.17, 15) is 4.79 Å². The van der Waals surface area contributed by atoms with Crippen LogP contribution >= 0.6 is 0 Å². The summed E-state index contributed by atoms with van der Waals surface area (Å²) in [6.45, 7) is 7.12. The summed E-state index contributed by atoms with van der Waals surface area (Å²) < 4.78 is 1.65. The van der Waals surface area contributed by atoms with E-state index < -0.39 is 0 Å². The molecule has 0 saturated carbocycles. The molecule has 2 aromatic heterocycles. The number of hydrogen-bond acceptors (Lipinski definition) is 2. The average molecular weight is 204 g/mol. The van der Waals surface area contributed by atoms with Gasteiger partial charge in [0, 0.05) is 17.8 Å². The van der Waals surface area contributed by atoms with Crippen LogP contribution in [0, 0.1) is 6.92 Å². The molecule has 0 aliphatic heterocycles. The second-order valence-electron chi connectivity index (χ2n) is 3.49. The molecule has 0 aliphatic carbocycles. The van der Waals surface area contributed by atoms with Crippen LogP contribution in [0.2, 0.25) is 0 Å². The molecule has 0 saturated heterocycles. The van der Waals surface area contributed by atoms with Gasteiger partial charge >= 0.3 is 0 Å². The number of aromatic nitrogens is 3. The van der Waals surface area contributed by atoms with Crippen LogP contribution in [0.4, 0.5) is 5.82 Å². The fourth-order valence-corrected chi connectivity index (χ4v) is 1.30. The van der Waals surface area contributed by atoms with Crippen LogP contribution in [-0.4, -0.2) is 20.5 Å². The zero-order valence-corrected chi connectivity index (χ0v) is 8.66. The Bertz CT molecular complexity index is 535. The molecule has 0 fully saturated rings. The number of amides is 1. The molecule has 2 N–H and O–H groups in total. The van der Waals surface area contributed by atoms with Gasteiger partial charge in [-0.25, -0.2) is 0 Å². The Hall–Kier alpha value is -2.04. The first-order valence-corrected chi connectivity index (χ1v) is 4.58. The number of H-pyrrole nitrogens is 1. The predicted octanol–water partition coefficient (Wildman–Crippen LogP) is 1.49. The van der Waals surface area contributed by atoms with Crippen molar-refractivity contribution in [1.29, 1.82) is 0 Å². The lowest BCUT2D eigenvalue weighted by molar-refractivity contribution is -0.112. The largest absolute Gasteiger partial charge is 0.343 e. The molecule has 2 heterocycles. The molecule has 5 heteroatoms. The molecule has 0 spiro atoms. The Kier molecular flexibility index (Phi) is 2.07. The van der Waals surface area contributed by atoms with E-state index in [0.29, 0.717) is 11.4 Å². The number of nitrogens with one attached hydrogen (secondary N) is 2. The Morgan fingerprint density at radius 2 is 2.40 bits per heavy atom. The minimum atomic E-state index is -0.205. The van der Waals surface area contributed by atoms with Crippen molar-refractivity contribution >= 4 is 17.4 Å². The molecule has 2 aromatic rings. The van der Waals surface area contributed by atoms with Crippen molar-refractivity contribution in [3.8, 4) is 0 Å². The Morgan fingerprint density at radius 1 is 1.67 bits per heavy atom. The highest BCUT2D eigenvalue weighted by Gasteiger charge is 2.08. The minimum absolute atomic E-state index is 0.205. The van der Waals surface area contributed by atoms with Crippen molar-refractivity contribution in [2.45, 2.75) is 13.8 Å². The van der Waals surface area contributed by atoms with Gasteiger partial charge in [-0.3, -0.25) is 4.79 Å². The lowest BCUT2D eigenvalue weighted by atomic mass is 10.3. The van der Waals surface area contributed by atoms with Gasteiger partial charge in [0.25, 0.3) is 5.91 Å². The van der Waals surface area contributed by atoms with E-state index >= 15 is 0 Å². The molecule has 0 aliphatic rings. The standard InChI is InChI=1S/C10H12N4O/c1-6(2)10(15)12-9-5-11-8-4-7(3)13-14(8)9/h4-5,11H,1H2,2-3H3,(H,12,15). The molecular formula is C10H12N4O. The first kappa shape index (κ1) is 9.51. The average Bonchev–Trinajstić information content (AvgIpc) is 2.66. The number of imidazole rings is 1. The molecule has 0 aromatic carbocycles. The van der Waals surface area contributed by atoms with Gasteiger partial charge in [0.2, 0.25) is 0 Å². The number of carbonyl (C=O) groups excluding carboxylic acids is 1. The van der Waals surface area contributed by atoms with E-state index in [0.717, 1.165) is 11.3 Å². The van der Waals surface area contributed by atoms with Crippen LogP contribution in [-0.2, 0) is 4.79 Å². The third kappa shape index (κ3) is 1.63. The number of hydrogen-bond donors (Lipinski definition) is 2. The van der Waals surface area contributed by atoms with Gasteiger partial charge < -0.3 is 10.3 Å². The molecular weight excluding hydrogens is 192 g/mol. The SMILES string of the molecule is C=C(C)C(=O)Nc1c[nH]c2cc(C)nn12. The highest BCUT2D eigenvalue weighted by Crippen LogP contribution is 2.12. The molecule has 0 bridgehead atoms. The molecule has 1 amide bonds. The summed E-state index contributed by atoms with van der Waals surface area (Å²) in [5, 5.41) is 6.93. The third-order valence-electron chi connectivity index (χ3n) is 2.05. The van der Waals surface area contributed by atoms with Crippen LogP contribution in [0.3, 0.4) is 0 Å². The second-order valence-corrected chi connectivity index (χ2v) is 3.49. The summed E-state index contributed by atoms with van der Waals surface area (Å²) in [6.07, 6.45) is 1.70. The maximum atomic E-state index is 11.4. The van der Waals surface area contributed by atoms with E-state index in [-0.39, 0.29) is 5.91 Å². The molecule has 0 radical (unpaired) electrons. The van der Waals surface area contributed by atoms with Crippen molar-refractivity contribution in [2.24, 2.45) is 0 Å². The summed E-state index contributed by atoms with van der Waals surface area (Å²) >= 11 is 0. The van der Waals surface area contributed by atoms with Crippen molar-refractivity contribution in [3.63, 3.8) is 0 Å². The highest BCUT2D eigenvalue weighted by molar-refractivity contribution is 6.02. The summed E-state index contributed by atoms with van der Waals surface area (Å²) in [4.78, 5) is 14.4. The molecule has 0 atom stereocenters. The number of aromatic amines is 1. The number of fused-ring (bicyclic) bond motifs is 1. The first-order valence-electron chi connectivity index (χ1n) is 4.58. The van der Waals surface area contributed by atoms with Gasteiger partial charge in [-0.05, 0) is 13.8 Å². The fraction of sp³-hybridized carbons (Fsp3) is 0.200. The highest BCUT2D eigenvalue weighted by atomic mass is 16.1. The molecule has 2 rings (SSSR count). The summed E-state index contributed by atoms with van der Waals surface area (Å²) in [5.41, 5.74) is 2.21. The smallest absolute Gasteiger partial charge is 0.251 e. The van der Waals surface area contributed by atoms with Gasteiger partial charge in [0.15, 0.2) is 5.82 Å². The van der Waals surface area contributed by atoms with Crippen LogP contribution < -0.4 is 5.32 Å². The molecule has 78 valence electrons. The van der Waals surface area contributed by atoms with Crippen LogP contribution in [0.1, 0.15) is 12.6 Å².